The summed E-state index contributed by atoms with van der Waals surface area (Å²) in [5.74, 6) is 0. The number of hydrogen-bond donors (Lipinski definition) is 0. The van der Waals surface area contributed by atoms with Crippen molar-refractivity contribution in [2.45, 2.75) is 6.92 Å². The van der Waals surface area contributed by atoms with Gasteiger partial charge in [0.1, 0.15) is 5.52 Å². The van der Waals surface area contributed by atoms with Gasteiger partial charge < -0.3 is 4.52 Å². The summed E-state index contributed by atoms with van der Waals surface area (Å²) >= 11 is 3.56. The standard InChI is InChI=1S/C27H15BrN4O/c1-14-21-22(15-10-12-16(28)13-11-15)23-24(31-27(21)33-32-14)17-6-2-3-7-18(17)25-26(23)30-20-9-5-4-8-19(20)29-25/h2-13H,1H3. The molecule has 5 nitrogen and oxygen atoms in total. The van der Waals surface area contributed by atoms with Crippen LogP contribution < -0.4 is 0 Å². The molecule has 0 aliphatic carbocycles. The zero-order valence-electron chi connectivity index (χ0n) is 17.5. The highest BCUT2D eigenvalue weighted by atomic mass is 79.9. The third kappa shape index (κ3) is 2.64. The Morgan fingerprint density at radius 1 is 0.667 bits per heavy atom. The molecule has 156 valence electrons. The minimum Gasteiger partial charge on any atom is -0.336 e. The molecular formula is C27H15BrN4O. The lowest BCUT2D eigenvalue weighted by Crippen LogP contribution is -1.96. The number of fused-ring (bicyclic) bond motifs is 8. The molecule has 33 heavy (non-hydrogen) atoms. The quantitative estimate of drug-likeness (QED) is 0.177. The number of aryl methyl sites for hydroxylation is 1. The van der Waals surface area contributed by atoms with Crippen molar-refractivity contribution in [3.05, 3.63) is 83.0 Å². The molecule has 0 radical (unpaired) electrons. The molecule has 0 atom stereocenters. The number of halogens is 1. The van der Waals surface area contributed by atoms with Crippen molar-refractivity contribution in [1.82, 2.24) is 20.1 Å². The number of para-hydroxylation sites is 2. The number of benzene rings is 4. The second-order valence-corrected chi connectivity index (χ2v) is 9.04. The first kappa shape index (κ1) is 18.7. The van der Waals surface area contributed by atoms with Gasteiger partial charge in [0.25, 0.3) is 5.71 Å². The van der Waals surface area contributed by atoms with Crippen molar-refractivity contribution < 1.29 is 4.52 Å². The molecular weight excluding hydrogens is 476 g/mol. The molecule has 6 heteroatoms. The Morgan fingerprint density at radius 2 is 1.30 bits per heavy atom. The van der Waals surface area contributed by atoms with Crippen LogP contribution >= 0.6 is 15.9 Å². The third-order valence-corrected chi connectivity index (χ3v) is 6.70. The van der Waals surface area contributed by atoms with Gasteiger partial charge in [-0.3, -0.25) is 0 Å². The van der Waals surface area contributed by atoms with Crippen molar-refractivity contribution in [3.8, 4) is 11.1 Å². The molecule has 0 amide bonds. The summed E-state index contributed by atoms with van der Waals surface area (Å²) < 4.78 is 6.69. The summed E-state index contributed by atoms with van der Waals surface area (Å²) in [6, 6.07) is 24.5. The predicted molar refractivity (Wildman–Crippen MR) is 135 cm³/mol. The lowest BCUT2D eigenvalue weighted by atomic mass is 9.93. The minimum atomic E-state index is 0.524. The van der Waals surface area contributed by atoms with Gasteiger partial charge in [-0.15, -0.1) is 0 Å². The van der Waals surface area contributed by atoms with E-state index in [2.05, 4.69) is 45.4 Å². The van der Waals surface area contributed by atoms with E-state index in [0.717, 1.165) is 70.4 Å². The van der Waals surface area contributed by atoms with Crippen LogP contribution in [0.25, 0.3) is 66.0 Å². The van der Waals surface area contributed by atoms with Crippen LogP contribution in [0.2, 0.25) is 0 Å². The zero-order chi connectivity index (χ0) is 22.1. The van der Waals surface area contributed by atoms with E-state index in [1.165, 1.54) is 0 Å². The first-order valence-electron chi connectivity index (χ1n) is 10.6. The molecule has 0 saturated heterocycles. The number of rotatable bonds is 1. The number of aromatic nitrogens is 4. The van der Waals surface area contributed by atoms with Gasteiger partial charge in [0.2, 0.25) is 0 Å². The molecule has 0 spiro atoms. The summed E-state index contributed by atoms with van der Waals surface area (Å²) in [7, 11) is 0. The van der Waals surface area contributed by atoms with E-state index in [1.54, 1.807) is 0 Å². The summed E-state index contributed by atoms with van der Waals surface area (Å²) in [4.78, 5) is 15.1. The average molecular weight is 491 g/mol. The lowest BCUT2D eigenvalue weighted by Gasteiger charge is -2.14. The van der Waals surface area contributed by atoms with E-state index in [1.807, 2.05) is 55.5 Å². The molecule has 7 rings (SSSR count). The largest absolute Gasteiger partial charge is 0.336 e. The molecule has 0 N–H and O–H groups in total. The van der Waals surface area contributed by atoms with Crippen molar-refractivity contribution in [1.29, 1.82) is 0 Å². The van der Waals surface area contributed by atoms with Gasteiger partial charge in [-0.2, -0.15) is 0 Å². The fraction of sp³-hybridized carbons (Fsp3) is 0.0370. The Balaban J connectivity index is 1.84. The summed E-state index contributed by atoms with van der Waals surface area (Å²) in [6.45, 7) is 1.95. The number of pyridine rings is 1. The summed E-state index contributed by atoms with van der Waals surface area (Å²) in [5.41, 5.74) is 7.64. The number of hydrogen-bond acceptors (Lipinski definition) is 5. The SMILES string of the molecule is Cc1noc2nc3c4ccccc4c4nc5ccccc5nc4c3c(-c3ccc(Br)cc3)c12. The molecule has 0 saturated carbocycles. The first-order valence-corrected chi connectivity index (χ1v) is 11.4. The Bertz CT molecular complexity index is 1890. The highest BCUT2D eigenvalue weighted by Gasteiger charge is 2.22. The normalized spacial score (nSPS) is 11.9. The van der Waals surface area contributed by atoms with Crippen LogP contribution in [-0.2, 0) is 0 Å². The van der Waals surface area contributed by atoms with Crippen LogP contribution in [0.15, 0.2) is 81.8 Å². The molecule has 0 unspecified atom stereocenters. The molecule has 0 aliphatic rings. The fourth-order valence-electron chi connectivity index (χ4n) is 4.71. The molecule has 0 bridgehead atoms. The average Bonchev–Trinajstić information content (AvgIpc) is 3.23. The molecule has 7 aromatic rings. The maximum absolute atomic E-state index is 5.67. The molecule has 0 aliphatic heterocycles. The van der Waals surface area contributed by atoms with Crippen molar-refractivity contribution in [2.75, 3.05) is 0 Å². The van der Waals surface area contributed by atoms with Crippen LogP contribution in [0.5, 0.6) is 0 Å². The topological polar surface area (TPSA) is 64.7 Å². The minimum absolute atomic E-state index is 0.524. The maximum atomic E-state index is 5.67. The van der Waals surface area contributed by atoms with Crippen molar-refractivity contribution in [2.24, 2.45) is 0 Å². The third-order valence-electron chi connectivity index (χ3n) is 6.17. The van der Waals surface area contributed by atoms with E-state index in [0.29, 0.717) is 5.71 Å². The second kappa shape index (κ2) is 6.80. The zero-order valence-corrected chi connectivity index (χ0v) is 19.1. The van der Waals surface area contributed by atoms with Crippen molar-refractivity contribution >= 4 is 70.8 Å². The van der Waals surface area contributed by atoms with E-state index in [-0.39, 0.29) is 0 Å². The van der Waals surface area contributed by atoms with Gasteiger partial charge in [0.05, 0.1) is 33.1 Å². The Kier molecular flexibility index (Phi) is 3.84. The number of nitrogens with zero attached hydrogens (tertiary/aromatic N) is 4. The Hall–Kier alpha value is -3.90. The van der Waals surface area contributed by atoms with Crippen molar-refractivity contribution in [3.63, 3.8) is 0 Å². The monoisotopic (exact) mass is 490 g/mol. The van der Waals surface area contributed by atoms with Gasteiger partial charge in [0, 0.05) is 26.2 Å². The summed E-state index contributed by atoms with van der Waals surface area (Å²) in [6.07, 6.45) is 0. The highest BCUT2D eigenvalue weighted by Crippen LogP contribution is 2.43. The molecule has 3 heterocycles. The highest BCUT2D eigenvalue weighted by molar-refractivity contribution is 9.10. The lowest BCUT2D eigenvalue weighted by molar-refractivity contribution is 0.443. The van der Waals surface area contributed by atoms with E-state index in [4.69, 9.17) is 19.5 Å². The van der Waals surface area contributed by atoms with Crippen LogP contribution in [-0.4, -0.2) is 20.1 Å². The van der Waals surface area contributed by atoms with Crippen LogP contribution in [0, 0.1) is 6.92 Å². The smallest absolute Gasteiger partial charge is 0.259 e. The Labute approximate surface area is 196 Å². The van der Waals surface area contributed by atoms with Crippen LogP contribution in [0.4, 0.5) is 0 Å². The van der Waals surface area contributed by atoms with E-state index < -0.39 is 0 Å². The molecule has 0 fully saturated rings. The summed E-state index contributed by atoms with van der Waals surface area (Å²) in [5, 5.41) is 8.14. The molecule has 4 aromatic carbocycles. The fourth-order valence-corrected chi connectivity index (χ4v) is 4.98. The van der Waals surface area contributed by atoms with E-state index >= 15 is 0 Å². The van der Waals surface area contributed by atoms with Crippen LogP contribution in [0.1, 0.15) is 5.69 Å². The Morgan fingerprint density at radius 3 is 2.03 bits per heavy atom. The van der Waals surface area contributed by atoms with Gasteiger partial charge in [-0.1, -0.05) is 69.6 Å². The molecule has 3 aromatic heterocycles. The second-order valence-electron chi connectivity index (χ2n) is 8.12. The van der Waals surface area contributed by atoms with Gasteiger partial charge in [0.15, 0.2) is 0 Å². The van der Waals surface area contributed by atoms with Crippen LogP contribution in [0.3, 0.4) is 0 Å². The van der Waals surface area contributed by atoms with E-state index in [9.17, 15) is 0 Å². The van der Waals surface area contributed by atoms with Gasteiger partial charge in [-0.25, -0.2) is 15.0 Å². The maximum Gasteiger partial charge on any atom is 0.259 e. The van der Waals surface area contributed by atoms with Gasteiger partial charge >= 0.3 is 0 Å². The predicted octanol–water partition coefficient (Wildman–Crippen LogP) is 7.36. The first-order chi connectivity index (χ1) is 16.2. The van der Waals surface area contributed by atoms with Gasteiger partial charge in [-0.05, 0) is 36.8 Å².